The van der Waals surface area contributed by atoms with Gasteiger partial charge in [-0.3, -0.25) is 4.79 Å². The zero-order chi connectivity index (χ0) is 17.2. The second-order valence-electron chi connectivity index (χ2n) is 6.86. The van der Waals surface area contributed by atoms with Crippen LogP contribution in [0.1, 0.15) is 37.0 Å². The highest BCUT2D eigenvalue weighted by molar-refractivity contribution is 7.09. The molecule has 1 aliphatic heterocycles. The second kappa shape index (κ2) is 6.81. The first-order valence-corrected chi connectivity index (χ1v) is 8.90. The fraction of sp³-hybridized carbons (Fsp3) is 0.444. The van der Waals surface area contributed by atoms with Gasteiger partial charge in [0.1, 0.15) is 0 Å². The molecule has 3 rings (SSSR count). The van der Waals surface area contributed by atoms with Crippen LogP contribution < -0.4 is 14.8 Å². The zero-order valence-electron chi connectivity index (χ0n) is 14.2. The molecule has 1 N–H and O–H groups in total. The fourth-order valence-electron chi connectivity index (χ4n) is 2.40. The van der Waals surface area contributed by atoms with Crippen molar-refractivity contribution in [1.82, 2.24) is 10.3 Å². The van der Waals surface area contributed by atoms with Crippen molar-refractivity contribution in [3.63, 3.8) is 0 Å². The molecule has 1 aliphatic rings. The standard InChI is InChI=1S/C18H22N2O3S/c1-18(2,3)17-20-13(10-24-17)9-16(21)19-7-6-12-4-5-14-15(8-12)23-11-22-14/h4-5,8,10H,6-7,9,11H2,1-3H3,(H,19,21). The normalized spacial score (nSPS) is 13.1. The average Bonchev–Trinajstić information content (AvgIpc) is 3.15. The molecule has 6 heteroatoms. The molecule has 0 bridgehead atoms. The van der Waals surface area contributed by atoms with Crippen LogP contribution in [0, 0.1) is 0 Å². The highest BCUT2D eigenvalue weighted by atomic mass is 32.1. The summed E-state index contributed by atoms with van der Waals surface area (Å²) in [4.78, 5) is 16.6. The van der Waals surface area contributed by atoms with E-state index in [0.717, 1.165) is 34.2 Å². The summed E-state index contributed by atoms with van der Waals surface area (Å²) in [6.45, 7) is 7.25. The Morgan fingerprint density at radius 3 is 2.83 bits per heavy atom. The second-order valence-corrected chi connectivity index (χ2v) is 7.72. The maximum atomic E-state index is 12.1. The maximum Gasteiger partial charge on any atom is 0.231 e. The van der Waals surface area contributed by atoms with Gasteiger partial charge in [0.2, 0.25) is 12.7 Å². The molecule has 0 saturated carbocycles. The maximum absolute atomic E-state index is 12.1. The van der Waals surface area contributed by atoms with Gasteiger partial charge in [-0.25, -0.2) is 4.98 Å². The Balaban J connectivity index is 1.47. The SMILES string of the molecule is CC(C)(C)c1nc(CC(=O)NCCc2ccc3c(c2)OCO3)cs1. The number of hydrogen-bond donors (Lipinski definition) is 1. The Labute approximate surface area is 146 Å². The summed E-state index contributed by atoms with van der Waals surface area (Å²) in [6.07, 6.45) is 1.08. The first kappa shape index (κ1) is 16.8. The molecule has 24 heavy (non-hydrogen) atoms. The van der Waals surface area contributed by atoms with E-state index < -0.39 is 0 Å². The van der Waals surface area contributed by atoms with E-state index in [1.54, 1.807) is 11.3 Å². The van der Waals surface area contributed by atoms with E-state index in [2.05, 4.69) is 31.1 Å². The van der Waals surface area contributed by atoms with Crippen LogP contribution in [-0.4, -0.2) is 24.2 Å². The predicted octanol–water partition coefficient (Wildman–Crippen LogP) is 3.07. The van der Waals surface area contributed by atoms with Crippen molar-refractivity contribution < 1.29 is 14.3 Å². The number of thiazole rings is 1. The number of benzene rings is 1. The molecule has 2 aromatic rings. The van der Waals surface area contributed by atoms with Gasteiger partial charge in [0, 0.05) is 17.3 Å². The Bertz CT molecular complexity index is 734. The number of rotatable bonds is 5. The van der Waals surface area contributed by atoms with Gasteiger partial charge >= 0.3 is 0 Å². The topological polar surface area (TPSA) is 60.5 Å². The lowest BCUT2D eigenvalue weighted by Crippen LogP contribution is -2.27. The summed E-state index contributed by atoms with van der Waals surface area (Å²) in [5, 5.41) is 5.98. The van der Waals surface area contributed by atoms with Crippen LogP contribution in [0.2, 0.25) is 0 Å². The molecule has 0 spiro atoms. The molecule has 5 nitrogen and oxygen atoms in total. The molecule has 0 atom stereocenters. The van der Waals surface area contributed by atoms with E-state index in [1.165, 1.54) is 0 Å². The molecule has 0 fully saturated rings. The van der Waals surface area contributed by atoms with Gasteiger partial charge in [-0.2, -0.15) is 0 Å². The largest absolute Gasteiger partial charge is 0.454 e. The van der Waals surface area contributed by atoms with Gasteiger partial charge in [-0.05, 0) is 24.1 Å². The third kappa shape index (κ3) is 4.06. The van der Waals surface area contributed by atoms with Gasteiger partial charge in [-0.1, -0.05) is 26.8 Å². The molecule has 0 unspecified atom stereocenters. The third-order valence-electron chi connectivity index (χ3n) is 3.71. The highest BCUT2D eigenvalue weighted by Crippen LogP contribution is 2.32. The van der Waals surface area contributed by atoms with Crippen molar-refractivity contribution in [1.29, 1.82) is 0 Å². The van der Waals surface area contributed by atoms with Crippen molar-refractivity contribution >= 4 is 17.2 Å². The number of fused-ring (bicyclic) bond motifs is 1. The van der Waals surface area contributed by atoms with Crippen LogP contribution in [0.15, 0.2) is 23.6 Å². The Morgan fingerprint density at radius 1 is 1.29 bits per heavy atom. The average molecular weight is 346 g/mol. The van der Waals surface area contributed by atoms with Crippen molar-refractivity contribution in [3.8, 4) is 11.5 Å². The van der Waals surface area contributed by atoms with E-state index in [4.69, 9.17) is 9.47 Å². The van der Waals surface area contributed by atoms with Crippen LogP contribution in [0.3, 0.4) is 0 Å². The minimum Gasteiger partial charge on any atom is -0.454 e. The predicted molar refractivity (Wildman–Crippen MR) is 93.8 cm³/mol. The van der Waals surface area contributed by atoms with Gasteiger partial charge in [0.25, 0.3) is 0 Å². The summed E-state index contributed by atoms with van der Waals surface area (Å²) in [7, 11) is 0. The van der Waals surface area contributed by atoms with Crippen molar-refractivity contribution in [2.45, 2.75) is 39.0 Å². The lowest BCUT2D eigenvalue weighted by molar-refractivity contribution is -0.120. The highest BCUT2D eigenvalue weighted by Gasteiger charge is 2.18. The molecular formula is C18H22N2O3S. The van der Waals surface area contributed by atoms with Gasteiger partial charge in [0.05, 0.1) is 17.1 Å². The summed E-state index contributed by atoms with van der Waals surface area (Å²) in [5.74, 6) is 1.55. The lowest BCUT2D eigenvalue weighted by atomic mass is 9.98. The summed E-state index contributed by atoms with van der Waals surface area (Å²) >= 11 is 1.61. The molecule has 128 valence electrons. The summed E-state index contributed by atoms with van der Waals surface area (Å²) < 4.78 is 10.6. The van der Waals surface area contributed by atoms with E-state index in [9.17, 15) is 4.79 Å². The molecule has 0 radical (unpaired) electrons. The lowest BCUT2D eigenvalue weighted by Gasteiger charge is -2.13. The first-order valence-electron chi connectivity index (χ1n) is 8.02. The minimum absolute atomic E-state index is 0.00139. The molecule has 1 aromatic carbocycles. The number of nitrogens with one attached hydrogen (secondary N) is 1. The van der Waals surface area contributed by atoms with Crippen LogP contribution in [0.25, 0.3) is 0 Å². The first-order chi connectivity index (χ1) is 11.4. The summed E-state index contributed by atoms with van der Waals surface area (Å²) in [6, 6.07) is 5.86. The van der Waals surface area contributed by atoms with Gasteiger partial charge in [0.15, 0.2) is 11.5 Å². The van der Waals surface area contributed by atoms with Crippen molar-refractivity contribution in [3.05, 3.63) is 39.8 Å². The molecule has 1 amide bonds. The number of carbonyl (C=O) groups is 1. The number of nitrogens with zero attached hydrogens (tertiary/aromatic N) is 1. The third-order valence-corrected chi connectivity index (χ3v) is 5.02. The monoisotopic (exact) mass is 346 g/mol. The molecule has 0 aliphatic carbocycles. The number of carbonyl (C=O) groups excluding carboxylic acids is 1. The van der Waals surface area contributed by atoms with Crippen molar-refractivity contribution in [2.24, 2.45) is 0 Å². The van der Waals surface area contributed by atoms with Crippen LogP contribution >= 0.6 is 11.3 Å². The molecular weight excluding hydrogens is 324 g/mol. The van der Waals surface area contributed by atoms with Crippen LogP contribution in [0.4, 0.5) is 0 Å². The number of hydrogen-bond acceptors (Lipinski definition) is 5. The Morgan fingerprint density at radius 2 is 2.08 bits per heavy atom. The number of aromatic nitrogens is 1. The molecule has 0 saturated heterocycles. The summed E-state index contributed by atoms with van der Waals surface area (Å²) in [5.41, 5.74) is 1.98. The zero-order valence-corrected chi connectivity index (χ0v) is 15.0. The smallest absolute Gasteiger partial charge is 0.231 e. The van der Waals surface area contributed by atoms with E-state index in [1.807, 2.05) is 23.6 Å². The van der Waals surface area contributed by atoms with E-state index >= 15 is 0 Å². The fourth-order valence-corrected chi connectivity index (χ4v) is 3.31. The Hall–Kier alpha value is -2.08. The van der Waals surface area contributed by atoms with Crippen LogP contribution in [0.5, 0.6) is 11.5 Å². The number of ether oxygens (including phenoxy) is 2. The minimum atomic E-state index is 0.00139. The Kier molecular flexibility index (Phi) is 4.76. The van der Waals surface area contributed by atoms with E-state index in [0.29, 0.717) is 13.0 Å². The van der Waals surface area contributed by atoms with Crippen molar-refractivity contribution in [2.75, 3.05) is 13.3 Å². The van der Waals surface area contributed by atoms with Gasteiger partial charge in [-0.15, -0.1) is 11.3 Å². The number of amides is 1. The van der Waals surface area contributed by atoms with Gasteiger partial charge < -0.3 is 14.8 Å². The van der Waals surface area contributed by atoms with E-state index in [-0.39, 0.29) is 18.1 Å². The molecule has 1 aromatic heterocycles. The molecule has 2 heterocycles. The van der Waals surface area contributed by atoms with Crippen LogP contribution in [-0.2, 0) is 23.1 Å². The quantitative estimate of drug-likeness (QED) is 0.904.